The Hall–Kier alpha value is -1.32. The van der Waals surface area contributed by atoms with E-state index in [1.54, 1.807) is 11.8 Å². The maximum absolute atomic E-state index is 5.38. The molecule has 0 unspecified atom stereocenters. The zero-order valence-corrected chi connectivity index (χ0v) is 10.8. The molecule has 0 aliphatic carbocycles. The standard InChI is InChI=1S/C14H11NS2/c16-14-9-10-5-1-3-7-12(10)17-13-8-4-2-6-11(13)15-14/h1-8H,9H2,(H,15,16). The first-order valence-electron chi connectivity index (χ1n) is 5.47. The molecule has 0 saturated heterocycles. The van der Waals surface area contributed by atoms with Crippen LogP contribution in [0.2, 0.25) is 0 Å². The number of para-hydroxylation sites is 1. The van der Waals surface area contributed by atoms with Crippen molar-refractivity contribution >= 4 is 34.7 Å². The fraction of sp³-hybridized carbons (Fsp3) is 0.0714. The van der Waals surface area contributed by atoms with Gasteiger partial charge in [0, 0.05) is 16.2 Å². The van der Waals surface area contributed by atoms with Crippen molar-refractivity contribution in [2.75, 3.05) is 5.32 Å². The Morgan fingerprint density at radius 3 is 2.53 bits per heavy atom. The van der Waals surface area contributed by atoms with Crippen LogP contribution in [-0.4, -0.2) is 4.99 Å². The highest BCUT2D eigenvalue weighted by Crippen LogP contribution is 2.37. The Labute approximate surface area is 110 Å². The minimum Gasteiger partial charge on any atom is -0.349 e. The van der Waals surface area contributed by atoms with Gasteiger partial charge in [-0.1, -0.05) is 54.3 Å². The first-order chi connectivity index (χ1) is 8.33. The van der Waals surface area contributed by atoms with Crippen LogP contribution in [-0.2, 0) is 6.42 Å². The fourth-order valence-corrected chi connectivity index (χ4v) is 3.19. The Bertz CT molecular complexity index is 528. The van der Waals surface area contributed by atoms with Gasteiger partial charge in [-0.3, -0.25) is 0 Å². The molecule has 1 aliphatic rings. The predicted molar refractivity (Wildman–Crippen MR) is 76.9 cm³/mol. The van der Waals surface area contributed by atoms with E-state index in [-0.39, 0.29) is 0 Å². The third kappa shape index (κ3) is 2.21. The van der Waals surface area contributed by atoms with Crippen molar-refractivity contribution in [1.29, 1.82) is 0 Å². The molecule has 1 heterocycles. The maximum Gasteiger partial charge on any atom is 0.0842 e. The minimum absolute atomic E-state index is 0.812. The van der Waals surface area contributed by atoms with E-state index >= 15 is 0 Å². The van der Waals surface area contributed by atoms with Crippen LogP contribution in [0.25, 0.3) is 0 Å². The van der Waals surface area contributed by atoms with Gasteiger partial charge in [0.1, 0.15) is 0 Å². The van der Waals surface area contributed by atoms with E-state index in [0.717, 1.165) is 17.1 Å². The zero-order valence-electron chi connectivity index (χ0n) is 9.14. The molecule has 17 heavy (non-hydrogen) atoms. The minimum atomic E-state index is 0.812. The second-order valence-corrected chi connectivity index (χ2v) is 5.51. The molecule has 0 aromatic heterocycles. The Morgan fingerprint density at radius 1 is 0.941 bits per heavy atom. The Balaban J connectivity index is 2.12. The molecule has 3 rings (SSSR count). The molecule has 0 amide bonds. The highest BCUT2D eigenvalue weighted by molar-refractivity contribution is 7.99. The van der Waals surface area contributed by atoms with Gasteiger partial charge in [0.2, 0.25) is 0 Å². The van der Waals surface area contributed by atoms with Gasteiger partial charge in [-0.2, -0.15) is 0 Å². The second kappa shape index (κ2) is 4.51. The summed E-state index contributed by atoms with van der Waals surface area (Å²) in [6.07, 6.45) is 0.812. The van der Waals surface area contributed by atoms with Crippen LogP contribution in [0, 0.1) is 0 Å². The van der Waals surface area contributed by atoms with Crippen LogP contribution in [0.3, 0.4) is 0 Å². The Kier molecular flexibility index (Phi) is 2.87. The summed E-state index contributed by atoms with van der Waals surface area (Å²) in [6, 6.07) is 16.7. The molecule has 0 fully saturated rings. The van der Waals surface area contributed by atoms with Crippen molar-refractivity contribution in [2.24, 2.45) is 0 Å². The highest BCUT2D eigenvalue weighted by Gasteiger charge is 2.13. The van der Waals surface area contributed by atoms with Gasteiger partial charge in [-0.05, 0) is 23.8 Å². The van der Waals surface area contributed by atoms with Crippen LogP contribution in [0.5, 0.6) is 0 Å². The lowest BCUT2D eigenvalue weighted by molar-refractivity contribution is 1.21. The second-order valence-electron chi connectivity index (χ2n) is 3.93. The lowest BCUT2D eigenvalue weighted by atomic mass is 10.1. The number of benzene rings is 2. The lowest BCUT2D eigenvalue weighted by Crippen LogP contribution is -2.14. The smallest absolute Gasteiger partial charge is 0.0842 e. The van der Waals surface area contributed by atoms with Crippen LogP contribution in [0.15, 0.2) is 58.3 Å². The molecular weight excluding hydrogens is 246 g/mol. The number of anilines is 1. The molecule has 0 bridgehead atoms. The molecular formula is C14H11NS2. The molecule has 0 atom stereocenters. The largest absolute Gasteiger partial charge is 0.349 e. The van der Waals surface area contributed by atoms with Gasteiger partial charge in [-0.25, -0.2) is 0 Å². The van der Waals surface area contributed by atoms with Crippen molar-refractivity contribution in [2.45, 2.75) is 16.2 Å². The molecule has 1 N–H and O–H groups in total. The maximum atomic E-state index is 5.38. The highest BCUT2D eigenvalue weighted by atomic mass is 32.2. The van der Waals surface area contributed by atoms with Crippen LogP contribution >= 0.6 is 24.0 Å². The molecule has 2 aromatic carbocycles. The number of nitrogens with one attached hydrogen (secondary N) is 1. The van der Waals surface area contributed by atoms with E-state index in [9.17, 15) is 0 Å². The van der Waals surface area contributed by atoms with Gasteiger partial charge in [0.05, 0.1) is 10.7 Å². The summed E-state index contributed by atoms with van der Waals surface area (Å²) in [4.78, 5) is 3.40. The van der Waals surface area contributed by atoms with E-state index in [4.69, 9.17) is 12.2 Å². The van der Waals surface area contributed by atoms with Crippen LogP contribution < -0.4 is 5.32 Å². The molecule has 2 aromatic rings. The van der Waals surface area contributed by atoms with Gasteiger partial charge in [-0.15, -0.1) is 0 Å². The number of hydrogen-bond donors (Lipinski definition) is 1. The first kappa shape index (κ1) is 10.8. The average molecular weight is 257 g/mol. The van der Waals surface area contributed by atoms with Gasteiger partial charge < -0.3 is 5.32 Å². The summed E-state index contributed by atoms with van der Waals surface area (Å²) in [6.45, 7) is 0. The van der Waals surface area contributed by atoms with Crippen LogP contribution in [0.1, 0.15) is 5.56 Å². The topological polar surface area (TPSA) is 12.0 Å². The molecule has 3 heteroatoms. The van der Waals surface area contributed by atoms with Crippen molar-refractivity contribution in [1.82, 2.24) is 0 Å². The van der Waals surface area contributed by atoms with E-state index < -0.39 is 0 Å². The quantitative estimate of drug-likeness (QED) is 0.713. The van der Waals surface area contributed by atoms with Crippen molar-refractivity contribution in [3.05, 3.63) is 54.1 Å². The Morgan fingerprint density at radius 2 is 1.65 bits per heavy atom. The number of hydrogen-bond acceptors (Lipinski definition) is 2. The number of rotatable bonds is 0. The number of fused-ring (bicyclic) bond motifs is 2. The summed E-state index contributed by atoms with van der Waals surface area (Å²) in [5.74, 6) is 0. The fourth-order valence-electron chi connectivity index (χ4n) is 1.89. The molecule has 0 spiro atoms. The van der Waals surface area contributed by atoms with E-state index in [0.29, 0.717) is 0 Å². The van der Waals surface area contributed by atoms with Gasteiger partial charge in [0.25, 0.3) is 0 Å². The normalized spacial score (nSPS) is 14.0. The van der Waals surface area contributed by atoms with Gasteiger partial charge in [0.15, 0.2) is 0 Å². The zero-order chi connectivity index (χ0) is 11.7. The molecule has 0 radical (unpaired) electrons. The van der Waals surface area contributed by atoms with E-state index in [2.05, 4.69) is 47.8 Å². The SMILES string of the molecule is S=C1Cc2ccccc2Sc2ccccc2N1. The summed E-state index contributed by atoms with van der Waals surface area (Å²) >= 11 is 7.18. The first-order valence-corrected chi connectivity index (χ1v) is 6.70. The van der Waals surface area contributed by atoms with Crippen LogP contribution in [0.4, 0.5) is 5.69 Å². The number of thiocarbonyl (C=S) groups is 1. The van der Waals surface area contributed by atoms with Crippen molar-refractivity contribution in [3.63, 3.8) is 0 Å². The summed E-state index contributed by atoms with van der Waals surface area (Å²) in [5.41, 5.74) is 2.40. The van der Waals surface area contributed by atoms with Crippen molar-refractivity contribution in [3.8, 4) is 0 Å². The lowest BCUT2D eigenvalue weighted by Gasteiger charge is -2.18. The van der Waals surface area contributed by atoms with Crippen molar-refractivity contribution < 1.29 is 0 Å². The third-order valence-electron chi connectivity index (χ3n) is 2.70. The molecule has 84 valence electrons. The van der Waals surface area contributed by atoms with Gasteiger partial charge >= 0.3 is 0 Å². The van der Waals surface area contributed by atoms with E-state index in [1.165, 1.54) is 15.4 Å². The monoisotopic (exact) mass is 257 g/mol. The molecule has 0 saturated carbocycles. The molecule has 1 aliphatic heterocycles. The van der Waals surface area contributed by atoms with E-state index in [1.807, 2.05) is 6.07 Å². The predicted octanol–water partition coefficient (Wildman–Crippen LogP) is 4.13. The summed E-state index contributed by atoms with van der Waals surface area (Å²) in [7, 11) is 0. The average Bonchev–Trinajstić information content (AvgIpc) is 2.31. The molecule has 1 nitrogen and oxygen atoms in total. The summed E-state index contributed by atoms with van der Waals surface area (Å²) < 4.78 is 0. The third-order valence-corrected chi connectivity index (χ3v) is 4.15. The summed E-state index contributed by atoms with van der Waals surface area (Å²) in [5, 5.41) is 3.31.